The van der Waals surface area contributed by atoms with Gasteiger partial charge in [0.15, 0.2) is 0 Å². The molecule has 2 N–H and O–H groups in total. The van der Waals surface area contributed by atoms with Crippen LogP contribution in [0.1, 0.15) is 18.4 Å². The van der Waals surface area contributed by atoms with E-state index in [2.05, 4.69) is 40.0 Å². The van der Waals surface area contributed by atoms with Crippen LogP contribution in [0.15, 0.2) is 42.7 Å². The summed E-state index contributed by atoms with van der Waals surface area (Å²) in [7, 11) is 0. The van der Waals surface area contributed by atoms with Crippen molar-refractivity contribution in [3.05, 3.63) is 48.3 Å². The van der Waals surface area contributed by atoms with E-state index in [1.54, 1.807) is 0 Å². The van der Waals surface area contributed by atoms with Gasteiger partial charge in [0.1, 0.15) is 0 Å². The normalized spacial score (nSPS) is 18.9. The lowest BCUT2D eigenvalue weighted by Crippen LogP contribution is -2.33. The van der Waals surface area contributed by atoms with Crippen LogP contribution in [-0.4, -0.2) is 29.4 Å². The molecule has 1 unspecified atom stereocenters. The first-order valence-corrected chi connectivity index (χ1v) is 7.42. The Morgan fingerprint density at radius 1 is 1.30 bits per heavy atom. The summed E-state index contributed by atoms with van der Waals surface area (Å²) >= 11 is 0. The van der Waals surface area contributed by atoms with Gasteiger partial charge in [0.25, 0.3) is 0 Å². The predicted molar refractivity (Wildman–Crippen MR) is 81.9 cm³/mol. The van der Waals surface area contributed by atoms with Gasteiger partial charge in [0.2, 0.25) is 0 Å². The molecule has 1 aromatic heterocycles. The fourth-order valence-electron chi connectivity index (χ4n) is 2.75. The third-order valence-electron chi connectivity index (χ3n) is 3.89. The van der Waals surface area contributed by atoms with E-state index >= 15 is 0 Å². The number of rotatable bonds is 5. The first-order valence-electron chi connectivity index (χ1n) is 7.42. The summed E-state index contributed by atoms with van der Waals surface area (Å²) in [4.78, 5) is 0. The van der Waals surface area contributed by atoms with E-state index in [9.17, 15) is 0 Å². The molecular weight excluding hydrogens is 248 g/mol. The fourth-order valence-corrected chi connectivity index (χ4v) is 2.75. The first kappa shape index (κ1) is 13.2. The number of hydrogen-bond donors (Lipinski definition) is 2. The van der Waals surface area contributed by atoms with Crippen LogP contribution in [0.25, 0.3) is 0 Å². The van der Waals surface area contributed by atoms with Gasteiger partial charge in [0.05, 0.1) is 6.54 Å². The van der Waals surface area contributed by atoms with Gasteiger partial charge in [0, 0.05) is 24.6 Å². The SMILES string of the molecule is c1ccc(NCC2CCCNC2)c(Cn2cccn2)c1. The molecule has 0 radical (unpaired) electrons. The molecule has 2 heterocycles. The van der Waals surface area contributed by atoms with Crippen molar-refractivity contribution in [3.63, 3.8) is 0 Å². The van der Waals surface area contributed by atoms with Gasteiger partial charge in [-0.05, 0) is 49.5 Å². The van der Waals surface area contributed by atoms with Gasteiger partial charge >= 0.3 is 0 Å². The van der Waals surface area contributed by atoms with Crippen LogP contribution in [0.2, 0.25) is 0 Å². The van der Waals surface area contributed by atoms with Crippen LogP contribution in [0, 0.1) is 5.92 Å². The molecular formula is C16H22N4. The summed E-state index contributed by atoms with van der Waals surface area (Å²) in [5, 5.41) is 11.4. The molecule has 3 rings (SSSR count). The predicted octanol–water partition coefficient (Wildman–Crippen LogP) is 2.34. The minimum Gasteiger partial charge on any atom is -0.384 e. The van der Waals surface area contributed by atoms with Gasteiger partial charge in [-0.25, -0.2) is 0 Å². The van der Waals surface area contributed by atoms with Crippen LogP contribution >= 0.6 is 0 Å². The fraction of sp³-hybridized carbons (Fsp3) is 0.438. The van der Waals surface area contributed by atoms with Crippen LogP contribution in [0.4, 0.5) is 5.69 Å². The van der Waals surface area contributed by atoms with Crippen LogP contribution in [-0.2, 0) is 6.54 Å². The molecule has 106 valence electrons. The molecule has 1 aliphatic heterocycles. The minimum atomic E-state index is 0.738. The molecule has 1 aromatic carbocycles. The Hall–Kier alpha value is -1.81. The average molecular weight is 270 g/mol. The van der Waals surface area contributed by atoms with E-state index < -0.39 is 0 Å². The number of nitrogens with zero attached hydrogens (tertiary/aromatic N) is 2. The average Bonchev–Trinajstić information content (AvgIpc) is 3.00. The van der Waals surface area contributed by atoms with Crippen molar-refractivity contribution >= 4 is 5.69 Å². The van der Waals surface area contributed by atoms with Gasteiger partial charge in [-0.15, -0.1) is 0 Å². The molecule has 0 amide bonds. The standard InChI is InChI=1S/C16H22N4/c1-2-7-16(18-12-14-5-3-8-17-11-14)15(6-1)13-20-10-4-9-19-20/h1-2,4,6-7,9-10,14,17-18H,3,5,8,11-13H2. The van der Waals surface area contributed by atoms with Crippen LogP contribution in [0.5, 0.6) is 0 Å². The molecule has 4 nitrogen and oxygen atoms in total. The Bertz CT molecular complexity index is 515. The Kier molecular flexibility index (Phi) is 4.33. The molecule has 1 atom stereocenters. The zero-order valence-electron chi connectivity index (χ0n) is 11.8. The Morgan fingerprint density at radius 2 is 2.25 bits per heavy atom. The van der Waals surface area contributed by atoms with Crippen molar-refractivity contribution in [2.24, 2.45) is 5.92 Å². The zero-order valence-corrected chi connectivity index (χ0v) is 11.8. The van der Waals surface area contributed by atoms with Crippen LogP contribution in [0.3, 0.4) is 0 Å². The number of benzene rings is 1. The second-order valence-corrected chi connectivity index (χ2v) is 5.45. The van der Waals surface area contributed by atoms with Gasteiger partial charge in [-0.3, -0.25) is 4.68 Å². The Morgan fingerprint density at radius 3 is 3.05 bits per heavy atom. The van der Waals surface area contributed by atoms with Gasteiger partial charge in [-0.2, -0.15) is 5.10 Å². The maximum atomic E-state index is 4.28. The number of anilines is 1. The van der Waals surface area contributed by atoms with E-state index in [0.717, 1.165) is 25.6 Å². The highest BCUT2D eigenvalue weighted by Gasteiger charge is 2.13. The summed E-state index contributed by atoms with van der Waals surface area (Å²) in [6.45, 7) is 4.17. The summed E-state index contributed by atoms with van der Waals surface area (Å²) in [5.74, 6) is 0.738. The summed E-state index contributed by atoms with van der Waals surface area (Å²) in [6, 6.07) is 10.5. The highest BCUT2D eigenvalue weighted by Crippen LogP contribution is 2.18. The summed E-state index contributed by atoms with van der Waals surface area (Å²) in [6.07, 6.45) is 6.44. The maximum Gasteiger partial charge on any atom is 0.0679 e. The van der Waals surface area contributed by atoms with E-state index in [1.165, 1.54) is 30.6 Å². The maximum absolute atomic E-state index is 4.28. The molecule has 20 heavy (non-hydrogen) atoms. The number of aromatic nitrogens is 2. The van der Waals surface area contributed by atoms with Crippen molar-refractivity contribution < 1.29 is 0 Å². The third-order valence-corrected chi connectivity index (χ3v) is 3.89. The monoisotopic (exact) mass is 270 g/mol. The highest BCUT2D eigenvalue weighted by molar-refractivity contribution is 5.51. The molecule has 0 aliphatic carbocycles. The quantitative estimate of drug-likeness (QED) is 0.876. The lowest BCUT2D eigenvalue weighted by Gasteiger charge is -2.24. The molecule has 0 bridgehead atoms. The van der Waals surface area contributed by atoms with Crippen molar-refractivity contribution in [3.8, 4) is 0 Å². The second-order valence-electron chi connectivity index (χ2n) is 5.45. The Labute approximate surface area is 120 Å². The largest absolute Gasteiger partial charge is 0.384 e. The van der Waals surface area contributed by atoms with Gasteiger partial charge in [-0.1, -0.05) is 18.2 Å². The van der Waals surface area contributed by atoms with E-state index in [4.69, 9.17) is 0 Å². The van der Waals surface area contributed by atoms with E-state index in [-0.39, 0.29) is 0 Å². The summed E-state index contributed by atoms with van der Waals surface area (Å²) < 4.78 is 1.96. The topological polar surface area (TPSA) is 41.9 Å². The van der Waals surface area contributed by atoms with Crippen molar-refractivity contribution in [2.75, 3.05) is 25.0 Å². The minimum absolute atomic E-state index is 0.738. The molecule has 1 aliphatic rings. The van der Waals surface area contributed by atoms with Crippen molar-refractivity contribution in [1.29, 1.82) is 0 Å². The molecule has 0 saturated carbocycles. The Balaban J connectivity index is 1.63. The first-order chi connectivity index (χ1) is 9.92. The summed E-state index contributed by atoms with van der Waals surface area (Å²) in [5.41, 5.74) is 2.52. The zero-order chi connectivity index (χ0) is 13.6. The van der Waals surface area contributed by atoms with Crippen LogP contribution < -0.4 is 10.6 Å². The lowest BCUT2D eigenvalue weighted by atomic mass is 9.99. The number of para-hydroxylation sites is 1. The smallest absolute Gasteiger partial charge is 0.0679 e. The number of piperidine rings is 1. The molecule has 2 aromatic rings. The molecule has 1 fully saturated rings. The van der Waals surface area contributed by atoms with Gasteiger partial charge < -0.3 is 10.6 Å². The third kappa shape index (κ3) is 3.39. The number of nitrogens with one attached hydrogen (secondary N) is 2. The van der Waals surface area contributed by atoms with Crippen molar-refractivity contribution in [1.82, 2.24) is 15.1 Å². The van der Waals surface area contributed by atoms with Crippen molar-refractivity contribution in [2.45, 2.75) is 19.4 Å². The van der Waals surface area contributed by atoms with E-state index in [0.29, 0.717) is 0 Å². The van der Waals surface area contributed by atoms with E-state index in [1.807, 2.05) is 23.1 Å². The highest BCUT2D eigenvalue weighted by atomic mass is 15.3. The number of hydrogen-bond acceptors (Lipinski definition) is 3. The second kappa shape index (κ2) is 6.57. The molecule has 4 heteroatoms. The molecule has 0 spiro atoms. The lowest BCUT2D eigenvalue weighted by molar-refractivity contribution is 0.393. The molecule has 1 saturated heterocycles.